The second-order valence-electron chi connectivity index (χ2n) is 6.73. The summed E-state index contributed by atoms with van der Waals surface area (Å²) in [5, 5.41) is 11.5. The predicted molar refractivity (Wildman–Crippen MR) is 116 cm³/mol. The smallest absolute Gasteiger partial charge is 0.265 e. The summed E-state index contributed by atoms with van der Waals surface area (Å²) >= 11 is 6.34. The molecule has 9 heteroatoms. The number of hydrogen-bond acceptors (Lipinski definition) is 5. The van der Waals surface area contributed by atoms with E-state index in [0.717, 1.165) is 4.31 Å². The van der Waals surface area contributed by atoms with Gasteiger partial charge < -0.3 is 10.7 Å². The van der Waals surface area contributed by atoms with Gasteiger partial charge in [-0.1, -0.05) is 35.9 Å². The normalized spacial score (nSPS) is 16.0. The number of sulfonamides is 1. The lowest BCUT2D eigenvalue weighted by atomic mass is 9.85. The monoisotopic (exact) mass is 440 g/mol. The Morgan fingerprint density at radius 3 is 2.57 bits per heavy atom. The molecule has 0 saturated heterocycles. The standard InChI is InChI=1S/C21H17ClN4O3S/c1-26(18-8-4-5-11-24-18)30(28,29)13-9-10-16(22)15(12-13)19-20(23)14-6-2-3-7-17(14)25-21(19)27/h2-12,19,23H,1H3,(H,25,27). The van der Waals surface area contributed by atoms with Gasteiger partial charge in [-0.2, -0.15) is 0 Å². The Morgan fingerprint density at radius 1 is 1.10 bits per heavy atom. The molecule has 2 aromatic carbocycles. The summed E-state index contributed by atoms with van der Waals surface area (Å²) in [6, 6.07) is 16.1. The van der Waals surface area contributed by atoms with Crippen LogP contribution in [0.1, 0.15) is 17.0 Å². The third kappa shape index (κ3) is 3.34. The van der Waals surface area contributed by atoms with Crippen molar-refractivity contribution in [2.24, 2.45) is 0 Å². The molecule has 0 radical (unpaired) electrons. The molecule has 30 heavy (non-hydrogen) atoms. The van der Waals surface area contributed by atoms with Gasteiger partial charge in [-0.25, -0.2) is 13.4 Å². The van der Waals surface area contributed by atoms with Crippen LogP contribution in [-0.2, 0) is 14.8 Å². The molecule has 152 valence electrons. The number of hydrogen-bond donors (Lipinski definition) is 2. The van der Waals surface area contributed by atoms with Crippen LogP contribution in [-0.4, -0.2) is 32.1 Å². The fourth-order valence-corrected chi connectivity index (χ4v) is 4.75. The first-order valence-corrected chi connectivity index (χ1v) is 10.8. The minimum Gasteiger partial charge on any atom is -0.325 e. The zero-order valence-corrected chi connectivity index (χ0v) is 17.4. The van der Waals surface area contributed by atoms with E-state index >= 15 is 0 Å². The zero-order chi connectivity index (χ0) is 21.5. The van der Waals surface area contributed by atoms with Gasteiger partial charge in [-0.15, -0.1) is 0 Å². The molecule has 0 spiro atoms. The van der Waals surface area contributed by atoms with E-state index in [4.69, 9.17) is 17.0 Å². The maximum Gasteiger partial charge on any atom is 0.265 e. The highest BCUT2D eigenvalue weighted by Crippen LogP contribution is 2.36. The van der Waals surface area contributed by atoms with Crippen LogP contribution in [0.25, 0.3) is 0 Å². The van der Waals surface area contributed by atoms with Crippen molar-refractivity contribution in [3.63, 3.8) is 0 Å². The number of aromatic nitrogens is 1. The van der Waals surface area contributed by atoms with E-state index in [1.807, 2.05) is 0 Å². The average molecular weight is 441 g/mol. The summed E-state index contributed by atoms with van der Waals surface area (Å²) in [6.07, 6.45) is 1.50. The quantitative estimate of drug-likeness (QED) is 0.646. The number of anilines is 2. The van der Waals surface area contributed by atoms with Gasteiger partial charge in [0, 0.05) is 29.5 Å². The SMILES string of the molecule is CN(c1ccccn1)S(=O)(=O)c1ccc(Cl)c(C2C(=N)c3ccccc3NC2=O)c1. The maximum absolute atomic E-state index is 13.1. The van der Waals surface area contributed by atoms with E-state index in [1.165, 1.54) is 31.4 Å². The van der Waals surface area contributed by atoms with Gasteiger partial charge in [0.05, 0.1) is 10.6 Å². The number of amides is 1. The van der Waals surface area contributed by atoms with Gasteiger partial charge in [0.15, 0.2) is 0 Å². The van der Waals surface area contributed by atoms with E-state index in [-0.39, 0.29) is 27.0 Å². The summed E-state index contributed by atoms with van der Waals surface area (Å²) < 4.78 is 27.3. The first-order valence-electron chi connectivity index (χ1n) is 8.99. The number of pyridine rings is 1. The first kappa shape index (κ1) is 20.1. The second-order valence-corrected chi connectivity index (χ2v) is 9.10. The lowest BCUT2D eigenvalue weighted by molar-refractivity contribution is -0.116. The minimum absolute atomic E-state index is 0.0467. The molecule has 4 rings (SSSR count). The highest BCUT2D eigenvalue weighted by atomic mass is 35.5. The lowest BCUT2D eigenvalue weighted by Crippen LogP contribution is -2.34. The van der Waals surface area contributed by atoms with Crippen LogP contribution in [0.5, 0.6) is 0 Å². The number of fused-ring (bicyclic) bond motifs is 1. The molecular weight excluding hydrogens is 424 g/mol. The predicted octanol–water partition coefficient (Wildman–Crippen LogP) is 3.66. The van der Waals surface area contributed by atoms with Crippen LogP contribution in [0, 0.1) is 5.41 Å². The Labute approximate surface area is 178 Å². The Kier molecular flexibility index (Phi) is 5.05. The Balaban J connectivity index is 1.78. The second kappa shape index (κ2) is 7.55. The number of para-hydroxylation sites is 1. The molecule has 1 aliphatic rings. The third-order valence-electron chi connectivity index (χ3n) is 4.93. The van der Waals surface area contributed by atoms with Crippen molar-refractivity contribution in [1.82, 2.24) is 4.98 Å². The lowest BCUT2D eigenvalue weighted by Gasteiger charge is -2.27. The van der Waals surface area contributed by atoms with Crippen LogP contribution in [0.4, 0.5) is 11.5 Å². The van der Waals surface area contributed by atoms with Crippen molar-refractivity contribution in [1.29, 1.82) is 5.41 Å². The molecule has 1 unspecified atom stereocenters. The van der Waals surface area contributed by atoms with Crippen molar-refractivity contribution in [3.8, 4) is 0 Å². The largest absolute Gasteiger partial charge is 0.325 e. The topological polar surface area (TPSA) is 103 Å². The fraction of sp³-hybridized carbons (Fsp3) is 0.0952. The summed E-state index contributed by atoms with van der Waals surface area (Å²) in [4.78, 5) is 16.8. The maximum atomic E-state index is 13.1. The number of rotatable bonds is 4. The van der Waals surface area contributed by atoms with Crippen molar-refractivity contribution >= 4 is 44.7 Å². The molecule has 1 aliphatic heterocycles. The van der Waals surface area contributed by atoms with E-state index in [0.29, 0.717) is 11.3 Å². The van der Waals surface area contributed by atoms with Crippen LogP contribution in [0.15, 0.2) is 71.8 Å². The van der Waals surface area contributed by atoms with Crippen LogP contribution in [0.3, 0.4) is 0 Å². The summed E-state index contributed by atoms with van der Waals surface area (Å²) in [6.45, 7) is 0. The molecule has 1 aromatic heterocycles. The van der Waals surface area contributed by atoms with Crippen LogP contribution >= 0.6 is 11.6 Å². The molecule has 0 bridgehead atoms. The van der Waals surface area contributed by atoms with Gasteiger partial charge in [0.2, 0.25) is 5.91 Å². The molecule has 2 heterocycles. The molecule has 0 fully saturated rings. The van der Waals surface area contributed by atoms with Gasteiger partial charge in [0.25, 0.3) is 10.0 Å². The Bertz CT molecular complexity index is 1260. The summed E-state index contributed by atoms with van der Waals surface area (Å²) in [5.74, 6) is -1.21. The number of nitrogens with one attached hydrogen (secondary N) is 2. The van der Waals surface area contributed by atoms with Crippen LogP contribution in [0.2, 0.25) is 5.02 Å². The minimum atomic E-state index is -3.96. The number of carbonyl (C=O) groups is 1. The molecule has 7 nitrogen and oxygen atoms in total. The van der Waals surface area contributed by atoms with Gasteiger partial charge in [0.1, 0.15) is 11.7 Å². The fourth-order valence-electron chi connectivity index (χ4n) is 3.34. The number of halogens is 1. The third-order valence-corrected chi connectivity index (χ3v) is 7.04. The van der Waals surface area contributed by atoms with Crippen molar-refractivity contribution in [2.45, 2.75) is 10.8 Å². The summed E-state index contributed by atoms with van der Waals surface area (Å²) in [5.41, 5.74) is 1.42. The molecule has 0 aliphatic carbocycles. The summed E-state index contributed by atoms with van der Waals surface area (Å²) in [7, 11) is -2.56. The van der Waals surface area contributed by atoms with E-state index in [9.17, 15) is 13.2 Å². The van der Waals surface area contributed by atoms with Gasteiger partial charge >= 0.3 is 0 Å². The van der Waals surface area contributed by atoms with Crippen LogP contribution < -0.4 is 9.62 Å². The van der Waals surface area contributed by atoms with E-state index < -0.39 is 21.8 Å². The molecule has 3 aromatic rings. The highest BCUT2D eigenvalue weighted by Gasteiger charge is 2.35. The van der Waals surface area contributed by atoms with E-state index in [1.54, 1.807) is 42.5 Å². The van der Waals surface area contributed by atoms with Gasteiger partial charge in [-0.3, -0.25) is 9.10 Å². The van der Waals surface area contributed by atoms with E-state index in [2.05, 4.69) is 10.3 Å². The average Bonchev–Trinajstić information content (AvgIpc) is 2.75. The molecule has 2 N–H and O–H groups in total. The molecular formula is C21H17ClN4O3S. The number of nitrogens with zero attached hydrogens (tertiary/aromatic N) is 2. The zero-order valence-electron chi connectivity index (χ0n) is 15.8. The Morgan fingerprint density at radius 2 is 1.83 bits per heavy atom. The molecule has 1 amide bonds. The number of benzene rings is 2. The van der Waals surface area contributed by atoms with Gasteiger partial charge in [-0.05, 0) is 42.0 Å². The van der Waals surface area contributed by atoms with Crippen molar-refractivity contribution in [3.05, 3.63) is 83.0 Å². The highest BCUT2D eigenvalue weighted by molar-refractivity contribution is 7.92. The molecule has 1 atom stereocenters. The molecule has 0 saturated carbocycles. The Hall–Kier alpha value is -3.23. The number of carbonyl (C=O) groups excluding carboxylic acids is 1. The van der Waals surface area contributed by atoms with Crippen molar-refractivity contribution < 1.29 is 13.2 Å². The van der Waals surface area contributed by atoms with Crippen molar-refractivity contribution in [2.75, 3.05) is 16.7 Å². The first-order chi connectivity index (χ1) is 14.3.